The largest absolute Gasteiger partial charge is 0.493 e. The molecular weight excluding hydrogens is 240 g/mol. The van der Waals surface area contributed by atoms with Crippen molar-refractivity contribution >= 4 is 0 Å². The first-order valence-corrected chi connectivity index (χ1v) is 6.25. The van der Waals surface area contributed by atoms with E-state index in [1.165, 1.54) is 5.56 Å². The van der Waals surface area contributed by atoms with Crippen LogP contribution >= 0.6 is 0 Å². The van der Waals surface area contributed by atoms with Gasteiger partial charge in [0.15, 0.2) is 11.5 Å². The Morgan fingerprint density at radius 2 is 1.95 bits per heavy atom. The highest BCUT2D eigenvalue weighted by molar-refractivity contribution is 5.46. The smallest absolute Gasteiger partial charge is 0.169 e. The molecule has 0 saturated heterocycles. The molecule has 0 saturated carbocycles. The summed E-state index contributed by atoms with van der Waals surface area (Å²) in [7, 11) is 3.32. The minimum absolute atomic E-state index is 0.773. The van der Waals surface area contributed by atoms with Crippen LogP contribution in [0.2, 0.25) is 0 Å². The highest BCUT2D eigenvalue weighted by atomic mass is 16.5. The van der Waals surface area contributed by atoms with Crippen molar-refractivity contribution < 1.29 is 14.8 Å². The third kappa shape index (κ3) is 3.45. The van der Waals surface area contributed by atoms with Crippen LogP contribution in [0.25, 0.3) is 0 Å². The maximum atomic E-state index is 5.41. The van der Waals surface area contributed by atoms with Gasteiger partial charge in [-0.15, -0.1) is 0 Å². The normalized spacial score (nSPS) is 10.2. The lowest BCUT2D eigenvalue weighted by atomic mass is 10.1. The van der Waals surface area contributed by atoms with Gasteiger partial charge in [-0.3, -0.25) is 4.98 Å². The molecule has 0 fully saturated rings. The zero-order valence-electron chi connectivity index (χ0n) is 11.3. The summed E-state index contributed by atoms with van der Waals surface area (Å²) in [6.45, 7) is 1.74. The van der Waals surface area contributed by atoms with Gasteiger partial charge < -0.3 is 14.8 Å². The first kappa shape index (κ1) is 13.4. The predicted octanol–water partition coefficient (Wildman–Crippen LogP) is 1.36. The van der Waals surface area contributed by atoms with Gasteiger partial charge in [-0.2, -0.15) is 0 Å². The Kier molecular flexibility index (Phi) is 4.75. The number of ether oxygens (including phenoxy) is 2. The van der Waals surface area contributed by atoms with Crippen LogP contribution in [0.15, 0.2) is 42.7 Å². The molecule has 0 atom stereocenters. The van der Waals surface area contributed by atoms with E-state index >= 15 is 0 Å². The molecule has 2 N–H and O–H groups in total. The van der Waals surface area contributed by atoms with E-state index in [9.17, 15) is 0 Å². The van der Waals surface area contributed by atoms with Gasteiger partial charge in [0, 0.05) is 18.0 Å². The van der Waals surface area contributed by atoms with E-state index in [2.05, 4.69) is 22.4 Å². The molecule has 2 rings (SSSR count). The quantitative estimate of drug-likeness (QED) is 0.852. The average Bonchev–Trinajstić information content (AvgIpc) is 2.48. The Bertz CT molecular complexity index is 515. The first-order chi connectivity index (χ1) is 9.35. The third-order valence-electron chi connectivity index (χ3n) is 2.95. The number of rotatable bonds is 6. The molecule has 0 unspecified atom stereocenters. The highest BCUT2D eigenvalue weighted by Crippen LogP contribution is 2.29. The lowest BCUT2D eigenvalue weighted by Crippen LogP contribution is -2.80. The molecule has 4 heteroatoms. The lowest BCUT2D eigenvalue weighted by Gasteiger charge is -2.11. The van der Waals surface area contributed by atoms with E-state index < -0.39 is 0 Å². The van der Waals surface area contributed by atoms with Gasteiger partial charge in [0.05, 0.1) is 19.8 Å². The Labute approximate surface area is 113 Å². The summed E-state index contributed by atoms with van der Waals surface area (Å²) in [5, 5.41) is 2.22. The zero-order valence-corrected chi connectivity index (χ0v) is 11.3. The van der Waals surface area contributed by atoms with E-state index in [0.29, 0.717) is 0 Å². The van der Waals surface area contributed by atoms with Gasteiger partial charge in [-0.05, 0) is 18.2 Å². The second-order valence-electron chi connectivity index (χ2n) is 4.21. The lowest BCUT2D eigenvalue weighted by molar-refractivity contribution is -0.686. The Morgan fingerprint density at radius 1 is 1.05 bits per heavy atom. The minimum Gasteiger partial charge on any atom is -0.493 e. The standard InChI is InChI=1S/C15H18N2O2/c1-18-14-7-3-6-13(15(14)19-2)11-17-10-12-5-4-8-16-9-12/h3-9,17H,10-11H2,1-2H3/p+1. The van der Waals surface area contributed by atoms with Crippen molar-refractivity contribution in [3.05, 3.63) is 53.9 Å². The summed E-state index contributed by atoms with van der Waals surface area (Å²) in [5.74, 6) is 1.59. The van der Waals surface area contributed by atoms with Crippen LogP contribution in [0.4, 0.5) is 0 Å². The Hall–Kier alpha value is -2.07. The summed E-state index contributed by atoms with van der Waals surface area (Å²) in [6.07, 6.45) is 3.67. The highest BCUT2D eigenvalue weighted by Gasteiger charge is 2.10. The molecule has 1 aromatic heterocycles. The van der Waals surface area contributed by atoms with Gasteiger partial charge in [0.1, 0.15) is 13.1 Å². The molecule has 1 heterocycles. The average molecular weight is 259 g/mol. The fourth-order valence-electron chi connectivity index (χ4n) is 2.03. The SMILES string of the molecule is COc1cccc(C[NH2+]Cc2cccnc2)c1OC. The van der Waals surface area contributed by atoms with Gasteiger partial charge >= 0.3 is 0 Å². The number of benzene rings is 1. The molecule has 0 radical (unpaired) electrons. The number of quaternary nitrogens is 1. The molecule has 0 aliphatic carbocycles. The number of methoxy groups -OCH3 is 2. The van der Waals surface area contributed by atoms with Gasteiger partial charge in [-0.25, -0.2) is 0 Å². The molecule has 19 heavy (non-hydrogen) atoms. The third-order valence-corrected chi connectivity index (χ3v) is 2.95. The number of aromatic nitrogens is 1. The fraction of sp³-hybridized carbons (Fsp3) is 0.267. The topological polar surface area (TPSA) is 48.0 Å². The van der Waals surface area contributed by atoms with Crippen LogP contribution in [0.3, 0.4) is 0 Å². The molecule has 0 aliphatic rings. The Balaban J connectivity index is 2.00. The summed E-state index contributed by atoms with van der Waals surface area (Å²) in [6, 6.07) is 9.97. The van der Waals surface area contributed by atoms with Crippen molar-refractivity contribution in [2.24, 2.45) is 0 Å². The summed E-state index contributed by atoms with van der Waals surface area (Å²) in [5.41, 5.74) is 2.34. The number of hydrogen-bond donors (Lipinski definition) is 1. The summed E-state index contributed by atoms with van der Waals surface area (Å²) in [4.78, 5) is 4.11. The molecule has 1 aromatic carbocycles. The van der Waals surface area contributed by atoms with E-state index in [0.717, 1.165) is 30.2 Å². The fourth-order valence-corrected chi connectivity index (χ4v) is 2.03. The van der Waals surface area contributed by atoms with Gasteiger partial charge in [0.25, 0.3) is 0 Å². The van der Waals surface area contributed by atoms with E-state index in [1.54, 1.807) is 20.4 Å². The zero-order chi connectivity index (χ0) is 13.5. The number of para-hydroxylation sites is 1. The Morgan fingerprint density at radius 3 is 2.63 bits per heavy atom. The van der Waals surface area contributed by atoms with E-state index in [-0.39, 0.29) is 0 Å². The van der Waals surface area contributed by atoms with Crippen LogP contribution in [-0.4, -0.2) is 19.2 Å². The molecule has 0 amide bonds. The second kappa shape index (κ2) is 6.75. The number of nitrogens with zero attached hydrogens (tertiary/aromatic N) is 1. The molecule has 0 aliphatic heterocycles. The van der Waals surface area contributed by atoms with Gasteiger partial charge in [-0.1, -0.05) is 12.1 Å². The van der Waals surface area contributed by atoms with Crippen molar-refractivity contribution in [3.63, 3.8) is 0 Å². The summed E-state index contributed by atoms with van der Waals surface area (Å²) < 4.78 is 10.7. The van der Waals surface area contributed by atoms with Gasteiger partial charge in [0.2, 0.25) is 0 Å². The molecule has 100 valence electrons. The predicted molar refractivity (Wildman–Crippen MR) is 73.1 cm³/mol. The molecule has 2 aromatic rings. The molecular formula is C15H19N2O2+. The number of nitrogens with two attached hydrogens (primary N) is 1. The van der Waals surface area contributed by atoms with Crippen molar-refractivity contribution in [1.29, 1.82) is 0 Å². The van der Waals surface area contributed by atoms with Crippen LogP contribution < -0.4 is 14.8 Å². The number of pyridine rings is 1. The molecule has 0 bridgehead atoms. The van der Waals surface area contributed by atoms with Crippen molar-refractivity contribution in [1.82, 2.24) is 4.98 Å². The maximum absolute atomic E-state index is 5.41. The summed E-state index contributed by atoms with van der Waals surface area (Å²) >= 11 is 0. The van der Waals surface area contributed by atoms with Crippen LogP contribution in [0.5, 0.6) is 11.5 Å². The van der Waals surface area contributed by atoms with Crippen LogP contribution in [-0.2, 0) is 13.1 Å². The second-order valence-corrected chi connectivity index (χ2v) is 4.21. The first-order valence-electron chi connectivity index (χ1n) is 6.25. The van der Waals surface area contributed by atoms with E-state index in [4.69, 9.17) is 9.47 Å². The number of hydrogen-bond acceptors (Lipinski definition) is 3. The maximum Gasteiger partial charge on any atom is 0.169 e. The monoisotopic (exact) mass is 259 g/mol. The van der Waals surface area contributed by atoms with Crippen molar-refractivity contribution in [2.75, 3.05) is 14.2 Å². The minimum atomic E-state index is 0.773. The van der Waals surface area contributed by atoms with Crippen LogP contribution in [0, 0.1) is 0 Å². The van der Waals surface area contributed by atoms with Crippen LogP contribution in [0.1, 0.15) is 11.1 Å². The van der Waals surface area contributed by atoms with Crippen molar-refractivity contribution in [3.8, 4) is 11.5 Å². The molecule has 4 nitrogen and oxygen atoms in total. The molecule has 0 spiro atoms. The van der Waals surface area contributed by atoms with E-state index in [1.807, 2.05) is 24.4 Å². The van der Waals surface area contributed by atoms with Crippen molar-refractivity contribution in [2.45, 2.75) is 13.1 Å².